The number of allylic oxidation sites excluding steroid dienone is 3. The zero-order valence-electron chi connectivity index (χ0n) is 27.9. The third-order valence-corrected chi connectivity index (χ3v) is 9.14. The molecule has 232 valence electrons. The van der Waals surface area contributed by atoms with Crippen molar-refractivity contribution < 1.29 is 0 Å². The summed E-state index contributed by atoms with van der Waals surface area (Å²) in [5.41, 5.74) is 5.45. The van der Waals surface area contributed by atoms with Gasteiger partial charge in [0.15, 0.2) is 5.11 Å². The van der Waals surface area contributed by atoms with Gasteiger partial charge in [0.05, 0.1) is 0 Å². The van der Waals surface area contributed by atoms with Crippen LogP contribution < -0.4 is 10.6 Å². The predicted octanol–water partition coefficient (Wildman–Crippen LogP) is 11.5. The van der Waals surface area contributed by atoms with Crippen LogP contribution in [-0.4, -0.2) is 17.7 Å². The maximum absolute atomic E-state index is 5.45. The summed E-state index contributed by atoms with van der Waals surface area (Å²) < 4.78 is 0. The van der Waals surface area contributed by atoms with E-state index >= 15 is 0 Å². The molecule has 0 amide bonds. The maximum Gasteiger partial charge on any atom is 0.166 e. The molecule has 1 aliphatic carbocycles. The lowest BCUT2D eigenvalue weighted by Crippen LogP contribution is -2.46. The van der Waals surface area contributed by atoms with Gasteiger partial charge in [0, 0.05) is 12.6 Å². The van der Waals surface area contributed by atoms with E-state index < -0.39 is 0 Å². The van der Waals surface area contributed by atoms with Gasteiger partial charge < -0.3 is 10.6 Å². The molecular weight excluding hydrogens is 504 g/mol. The second-order valence-corrected chi connectivity index (χ2v) is 14.5. The average molecular weight is 573 g/mol. The first-order valence-electron chi connectivity index (χ1n) is 17.2. The Morgan fingerprint density at radius 2 is 1.50 bits per heavy atom. The first-order valence-corrected chi connectivity index (χ1v) is 17.6. The van der Waals surface area contributed by atoms with Gasteiger partial charge in [0.25, 0.3) is 0 Å². The van der Waals surface area contributed by atoms with Crippen LogP contribution in [0.5, 0.6) is 0 Å². The lowest BCUT2D eigenvalue weighted by Gasteiger charge is -2.46. The van der Waals surface area contributed by atoms with Crippen LogP contribution in [0.25, 0.3) is 0 Å². The number of nitrogens with one attached hydrogen (secondary N) is 2. The zero-order chi connectivity index (χ0) is 29.6. The highest BCUT2D eigenvalue weighted by molar-refractivity contribution is 7.80. The van der Waals surface area contributed by atoms with E-state index in [1.54, 1.807) is 0 Å². The molecule has 40 heavy (non-hydrogen) atoms. The van der Waals surface area contributed by atoms with Crippen molar-refractivity contribution in [2.24, 2.45) is 23.2 Å². The summed E-state index contributed by atoms with van der Waals surface area (Å²) in [5.74, 6) is 2.55. The van der Waals surface area contributed by atoms with Gasteiger partial charge in [-0.05, 0) is 139 Å². The van der Waals surface area contributed by atoms with E-state index in [4.69, 9.17) is 12.2 Å². The summed E-state index contributed by atoms with van der Waals surface area (Å²) >= 11 is 5.45. The fraction of sp³-hybridized carbons (Fsp3) is 0.838. The summed E-state index contributed by atoms with van der Waals surface area (Å²) in [6.45, 7) is 17.3. The molecule has 1 fully saturated rings. The third kappa shape index (κ3) is 19.9. The van der Waals surface area contributed by atoms with E-state index in [2.05, 4.69) is 83.1 Å². The molecule has 0 spiro atoms. The number of unbranched alkanes of at least 4 members (excludes halogenated alkanes) is 7. The Bertz CT molecular complexity index is 737. The number of rotatable bonds is 23. The highest BCUT2D eigenvalue weighted by Crippen LogP contribution is 2.48. The molecule has 0 bridgehead atoms. The minimum Gasteiger partial charge on any atom is -0.362 e. The van der Waals surface area contributed by atoms with Gasteiger partial charge in [0.1, 0.15) is 0 Å². The van der Waals surface area contributed by atoms with Gasteiger partial charge in [-0.2, -0.15) is 0 Å². The molecule has 1 aliphatic rings. The highest BCUT2D eigenvalue weighted by Gasteiger charge is 2.39. The van der Waals surface area contributed by atoms with Gasteiger partial charge in [-0.15, -0.1) is 5.73 Å². The van der Waals surface area contributed by atoms with E-state index in [0.717, 1.165) is 29.4 Å². The van der Waals surface area contributed by atoms with Crippen molar-refractivity contribution in [2.75, 3.05) is 6.54 Å². The normalized spacial score (nSPS) is 20.4. The molecule has 0 saturated heterocycles. The molecule has 0 aliphatic heterocycles. The highest BCUT2D eigenvalue weighted by atomic mass is 32.1. The van der Waals surface area contributed by atoms with Gasteiger partial charge in [-0.1, -0.05) is 84.3 Å². The molecule has 2 nitrogen and oxygen atoms in total. The quantitative estimate of drug-likeness (QED) is 0.0551. The van der Waals surface area contributed by atoms with E-state index in [-0.39, 0.29) is 0 Å². The molecule has 2 N–H and O–H groups in total. The molecule has 3 atom stereocenters. The summed E-state index contributed by atoms with van der Waals surface area (Å²) in [6, 6.07) is 0.467. The molecular formula is C37H68N2S. The predicted molar refractivity (Wildman–Crippen MR) is 184 cm³/mol. The Hall–Kier alpha value is -1.05. The average Bonchev–Trinajstić information content (AvgIpc) is 2.86. The minimum absolute atomic E-state index is 0.467. The van der Waals surface area contributed by atoms with E-state index in [1.165, 1.54) is 121 Å². The van der Waals surface area contributed by atoms with Crippen molar-refractivity contribution in [1.29, 1.82) is 0 Å². The Balaban J connectivity index is 1.95. The Morgan fingerprint density at radius 1 is 0.875 bits per heavy atom. The van der Waals surface area contributed by atoms with Crippen molar-refractivity contribution >= 4 is 17.3 Å². The van der Waals surface area contributed by atoms with Crippen LogP contribution >= 0.6 is 12.2 Å². The molecule has 1 rings (SSSR count). The smallest absolute Gasteiger partial charge is 0.166 e. The first kappa shape index (κ1) is 37.0. The molecule has 0 radical (unpaired) electrons. The van der Waals surface area contributed by atoms with Crippen LogP contribution in [0.1, 0.15) is 164 Å². The van der Waals surface area contributed by atoms with Crippen molar-refractivity contribution in [1.82, 2.24) is 10.6 Å². The third-order valence-electron chi connectivity index (χ3n) is 8.88. The van der Waals surface area contributed by atoms with Crippen molar-refractivity contribution in [2.45, 2.75) is 170 Å². The monoisotopic (exact) mass is 573 g/mol. The van der Waals surface area contributed by atoms with Gasteiger partial charge >= 0.3 is 0 Å². The van der Waals surface area contributed by atoms with E-state index in [1.807, 2.05) is 0 Å². The van der Waals surface area contributed by atoms with E-state index in [0.29, 0.717) is 11.5 Å². The lowest BCUT2D eigenvalue weighted by atomic mass is 9.61. The molecule has 3 heteroatoms. The SMILES string of the molecule is CCCC(C)NC(=S)NCC1CC(C)(CCCC=C=CCCCCCCCC(C)CC(C)CCCC=C(C)C)C1. The Labute approximate surface area is 256 Å². The first-order chi connectivity index (χ1) is 19.1. The maximum atomic E-state index is 5.45. The molecule has 0 aromatic rings. The van der Waals surface area contributed by atoms with Crippen LogP contribution in [-0.2, 0) is 0 Å². The summed E-state index contributed by atoms with van der Waals surface area (Å²) in [4.78, 5) is 0. The standard InChI is InChI=1S/C37H68N2S/c1-8-22-34(6)39-36(40)38-30-35-28-37(7,29-35)26-21-17-15-13-11-9-10-12-14-16-18-24-32(4)27-33(5)25-20-19-23-31(2)3/h11,15,23,32-35H,8-10,12,14,16-22,24-30H2,1-7H3,(H2,38,39,40). The van der Waals surface area contributed by atoms with Crippen molar-refractivity contribution in [3.8, 4) is 0 Å². The Kier molecular flexibility index (Phi) is 20.8. The number of thiocarbonyl (C=S) groups is 1. The van der Waals surface area contributed by atoms with Gasteiger partial charge in [-0.3, -0.25) is 0 Å². The second kappa shape index (κ2) is 22.5. The molecule has 0 aromatic heterocycles. The fourth-order valence-corrected chi connectivity index (χ4v) is 6.91. The summed E-state index contributed by atoms with van der Waals surface area (Å²) in [7, 11) is 0. The van der Waals surface area contributed by atoms with Crippen molar-refractivity contribution in [3.05, 3.63) is 29.5 Å². The fourth-order valence-electron chi connectivity index (χ4n) is 6.63. The van der Waals surface area contributed by atoms with Crippen LogP contribution in [0.4, 0.5) is 0 Å². The zero-order valence-corrected chi connectivity index (χ0v) is 28.7. The molecule has 0 heterocycles. The van der Waals surface area contributed by atoms with E-state index in [9.17, 15) is 0 Å². The van der Waals surface area contributed by atoms with Crippen LogP contribution in [0, 0.1) is 23.2 Å². The number of hydrogen-bond acceptors (Lipinski definition) is 1. The van der Waals surface area contributed by atoms with Crippen molar-refractivity contribution in [3.63, 3.8) is 0 Å². The molecule has 3 unspecified atom stereocenters. The molecule has 1 saturated carbocycles. The molecule has 0 aromatic carbocycles. The van der Waals surface area contributed by atoms with Crippen LogP contribution in [0.2, 0.25) is 0 Å². The second-order valence-electron chi connectivity index (χ2n) is 14.1. The largest absolute Gasteiger partial charge is 0.362 e. The van der Waals surface area contributed by atoms with Gasteiger partial charge in [-0.25, -0.2) is 0 Å². The van der Waals surface area contributed by atoms with Crippen LogP contribution in [0.3, 0.4) is 0 Å². The summed E-state index contributed by atoms with van der Waals surface area (Å²) in [5, 5.41) is 7.68. The topological polar surface area (TPSA) is 24.1 Å². The van der Waals surface area contributed by atoms with Gasteiger partial charge in [0.2, 0.25) is 0 Å². The summed E-state index contributed by atoms with van der Waals surface area (Å²) in [6.07, 6.45) is 30.7. The van der Waals surface area contributed by atoms with Crippen LogP contribution in [0.15, 0.2) is 29.5 Å². The minimum atomic E-state index is 0.467. The lowest BCUT2D eigenvalue weighted by molar-refractivity contribution is 0.0660. The Morgan fingerprint density at radius 3 is 2.17 bits per heavy atom. The number of hydrogen-bond donors (Lipinski definition) is 2.